The zero-order valence-corrected chi connectivity index (χ0v) is 20.6. The highest BCUT2D eigenvalue weighted by molar-refractivity contribution is 7.98. The molecule has 0 radical (unpaired) electrons. The Morgan fingerprint density at radius 1 is 1.16 bits per heavy atom. The van der Waals surface area contributed by atoms with E-state index in [1.807, 2.05) is 41.0 Å². The van der Waals surface area contributed by atoms with Crippen molar-refractivity contribution in [3.8, 4) is 0 Å². The van der Waals surface area contributed by atoms with Crippen LogP contribution in [0.2, 0.25) is 5.02 Å². The number of hydrogen-bond acceptors (Lipinski definition) is 4. The summed E-state index contributed by atoms with van der Waals surface area (Å²) < 4.78 is 14.9. The van der Waals surface area contributed by atoms with Crippen molar-refractivity contribution in [3.05, 3.63) is 88.0 Å². The van der Waals surface area contributed by atoms with Gasteiger partial charge in [-0.1, -0.05) is 41.4 Å². The number of nitrogens with zero attached hydrogens (tertiary/aromatic N) is 2. The first kappa shape index (κ1) is 23.4. The van der Waals surface area contributed by atoms with Gasteiger partial charge in [-0.3, -0.25) is 0 Å². The normalized spacial score (nSPS) is 20.7. The topological polar surface area (TPSA) is 36.3 Å². The molecular formula is C26H31ClN2O2S. The molecular weight excluding hydrogens is 440 g/mol. The molecule has 3 aromatic rings. The highest BCUT2D eigenvalue weighted by Gasteiger charge is 2.41. The van der Waals surface area contributed by atoms with Crippen LogP contribution in [0.15, 0.2) is 55.1 Å². The Morgan fingerprint density at radius 2 is 1.91 bits per heavy atom. The van der Waals surface area contributed by atoms with Crippen molar-refractivity contribution in [1.82, 2.24) is 9.55 Å². The average molecular weight is 471 g/mol. The van der Waals surface area contributed by atoms with E-state index in [2.05, 4.69) is 50.0 Å². The fourth-order valence-electron chi connectivity index (χ4n) is 4.37. The van der Waals surface area contributed by atoms with E-state index in [0.29, 0.717) is 13.2 Å². The molecule has 6 heteroatoms. The van der Waals surface area contributed by atoms with E-state index < -0.39 is 5.79 Å². The predicted octanol–water partition coefficient (Wildman–Crippen LogP) is 6.14. The largest absolute Gasteiger partial charge is 0.345 e. The number of thioether (sulfide) groups is 1. The zero-order valence-electron chi connectivity index (χ0n) is 19.0. The van der Waals surface area contributed by atoms with Crippen LogP contribution < -0.4 is 0 Å². The van der Waals surface area contributed by atoms with Gasteiger partial charge in [0.1, 0.15) is 0 Å². The third-order valence-electron chi connectivity index (χ3n) is 5.99. The van der Waals surface area contributed by atoms with Crippen molar-refractivity contribution in [2.24, 2.45) is 0 Å². The predicted molar refractivity (Wildman–Crippen MR) is 132 cm³/mol. The molecule has 170 valence electrons. The summed E-state index contributed by atoms with van der Waals surface area (Å²) in [5.74, 6) is 1.28. The van der Waals surface area contributed by atoms with Gasteiger partial charge in [0.15, 0.2) is 5.79 Å². The van der Waals surface area contributed by atoms with Gasteiger partial charge in [-0.25, -0.2) is 4.98 Å². The molecule has 0 N–H and O–H groups in total. The minimum absolute atomic E-state index is 0.0831. The Morgan fingerprint density at radius 3 is 2.59 bits per heavy atom. The van der Waals surface area contributed by atoms with Crippen LogP contribution in [0.5, 0.6) is 0 Å². The van der Waals surface area contributed by atoms with Crippen molar-refractivity contribution in [1.29, 1.82) is 0 Å². The molecule has 1 fully saturated rings. The molecule has 4 nitrogen and oxygen atoms in total. The number of ether oxygens (including phenoxy) is 2. The first-order valence-corrected chi connectivity index (χ1v) is 12.6. The number of imidazole rings is 1. The van der Waals surface area contributed by atoms with Crippen LogP contribution in [0.4, 0.5) is 0 Å². The lowest BCUT2D eigenvalue weighted by atomic mass is 10.0. The van der Waals surface area contributed by atoms with E-state index in [4.69, 9.17) is 21.1 Å². The molecule has 2 atom stereocenters. The molecule has 0 aliphatic carbocycles. The summed E-state index contributed by atoms with van der Waals surface area (Å²) in [6.07, 6.45) is 7.31. The molecule has 4 rings (SSSR count). The van der Waals surface area contributed by atoms with Crippen LogP contribution >= 0.6 is 23.4 Å². The van der Waals surface area contributed by atoms with Crippen LogP contribution in [0, 0.1) is 20.8 Å². The molecule has 1 aliphatic rings. The second-order valence-corrected chi connectivity index (χ2v) is 10.2. The van der Waals surface area contributed by atoms with Crippen molar-refractivity contribution < 1.29 is 9.47 Å². The first-order valence-electron chi connectivity index (χ1n) is 11.1. The van der Waals surface area contributed by atoms with Crippen LogP contribution in [-0.4, -0.2) is 33.8 Å². The first-order chi connectivity index (χ1) is 15.4. The molecule has 0 bridgehead atoms. The lowest BCUT2D eigenvalue weighted by molar-refractivity contribution is -0.180. The van der Waals surface area contributed by atoms with E-state index in [1.54, 1.807) is 6.20 Å². The minimum atomic E-state index is -0.638. The third kappa shape index (κ3) is 5.96. The van der Waals surface area contributed by atoms with Crippen LogP contribution in [0.1, 0.15) is 34.2 Å². The quantitative estimate of drug-likeness (QED) is 0.376. The van der Waals surface area contributed by atoms with Crippen molar-refractivity contribution >= 4 is 23.4 Å². The third-order valence-corrected chi connectivity index (χ3v) is 7.35. The summed E-state index contributed by atoms with van der Waals surface area (Å²) in [5, 5.41) is 0.756. The Labute approximate surface area is 200 Å². The van der Waals surface area contributed by atoms with Crippen molar-refractivity contribution in [2.45, 2.75) is 57.8 Å². The van der Waals surface area contributed by atoms with E-state index in [1.165, 1.54) is 27.8 Å². The lowest BCUT2D eigenvalue weighted by Gasteiger charge is -2.28. The molecule has 2 unspecified atom stereocenters. The van der Waals surface area contributed by atoms with E-state index in [9.17, 15) is 0 Å². The van der Waals surface area contributed by atoms with E-state index in [-0.39, 0.29) is 6.10 Å². The summed E-state index contributed by atoms with van der Waals surface area (Å²) >= 11 is 7.96. The maximum atomic E-state index is 6.57. The second kappa shape index (κ2) is 10.4. The van der Waals surface area contributed by atoms with E-state index >= 15 is 0 Å². The van der Waals surface area contributed by atoms with Gasteiger partial charge in [-0.2, -0.15) is 11.8 Å². The van der Waals surface area contributed by atoms with Gasteiger partial charge in [-0.05, 0) is 61.6 Å². The monoisotopic (exact) mass is 470 g/mol. The molecule has 32 heavy (non-hydrogen) atoms. The fourth-order valence-corrected chi connectivity index (χ4v) is 5.70. The van der Waals surface area contributed by atoms with Crippen LogP contribution in [0.3, 0.4) is 0 Å². The smallest absolute Gasteiger partial charge is 0.187 e. The maximum absolute atomic E-state index is 6.57. The van der Waals surface area contributed by atoms with Gasteiger partial charge in [0.05, 0.1) is 25.6 Å². The number of aryl methyl sites for hydroxylation is 4. The summed E-state index contributed by atoms with van der Waals surface area (Å²) in [7, 11) is 0. The SMILES string of the molecule is Cc1cc(C)c(CSCC2COC(CCc3ccc(Cl)cc3)(Cn3ccnc3)O2)c(C)c1. The van der Waals surface area contributed by atoms with Gasteiger partial charge >= 0.3 is 0 Å². The molecule has 1 aromatic heterocycles. The summed E-state index contributed by atoms with van der Waals surface area (Å²) in [4.78, 5) is 4.18. The number of hydrogen-bond donors (Lipinski definition) is 0. The van der Waals surface area contributed by atoms with Gasteiger partial charge in [0.25, 0.3) is 0 Å². The average Bonchev–Trinajstić information content (AvgIpc) is 3.40. The lowest BCUT2D eigenvalue weighted by Crippen LogP contribution is -2.37. The Hall–Kier alpha value is -1.79. The van der Waals surface area contributed by atoms with Gasteiger partial charge < -0.3 is 14.0 Å². The Kier molecular flexibility index (Phi) is 7.62. The number of rotatable bonds is 9. The number of benzene rings is 2. The number of halogens is 1. The fraction of sp³-hybridized carbons (Fsp3) is 0.423. The molecule has 2 heterocycles. The maximum Gasteiger partial charge on any atom is 0.187 e. The summed E-state index contributed by atoms with van der Waals surface area (Å²) in [6, 6.07) is 12.5. The molecule has 0 amide bonds. The molecule has 2 aromatic carbocycles. The van der Waals surface area contributed by atoms with Gasteiger partial charge in [0.2, 0.25) is 0 Å². The van der Waals surface area contributed by atoms with Crippen LogP contribution in [-0.2, 0) is 28.2 Å². The molecule has 1 aliphatic heterocycles. The minimum Gasteiger partial charge on any atom is -0.345 e. The zero-order chi connectivity index (χ0) is 22.6. The standard InChI is InChI=1S/C26H31ClN2O2S/c1-19-12-20(2)25(21(3)13-19)16-32-15-24-14-30-26(31-24,17-29-11-10-28-18-29)9-8-22-4-6-23(27)7-5-22/h4-7,10-13,18,24H,8-9,14-17H2,1-3H3. The van der Waals surface area contributed by atoms with Gasteiger partial charge in [0, 0.05) is 35.3 Å². The Balaban J connectivity index is 1.37. The molecule has 0 saturated carbocycles. The van der Waals surface area contributed by atoms with E-state index in [0.717, 1.165) is 29.4 Å². The van der Waals surface area contributed by atoms with Crippen LogP contribution in [0.25, 0.3) is 0 Å². The van der Waals surface area contributed by atoms with Crippen molar-refractivity contribution in [3.63, 3.8) is 0 Å². The van der Waals surface area contributed by atoms with Gasteiger partial charge in [-0.15, -0.1) is 0 Å². The highest BCUT2D eigenvalue weighted by atomic mass is 35.5. The summed E-state index contributed by atoms with van der Waals surface area (Å²) in [5.41, 5.74) is 6.74. The number of aromatic nitrogens is 2. The Bertz CT molecular complexity index is 1000. The summed E-state index contributed by atoms with van der Waals surface area (Å²) in [6.45, 7) is 7.83. The molecule has 0 spiro atoms. The van der Waals surface area contributed by atoms with Crippen molar-refractivity contribution in [2.75, 3.05) is 12.4 Å². The second-order valence-electron chi connectivity index (χ2n) is 8.72. The molecule has 1 saturated heterocycles. The highest BCUT2D eigenvalue weighted by Crippen LogP contribution is 2.33.